The molecule has 1 aliphatic rings. The molecule has 0 radical (unpaired) electrons. The lowest BCUT2D eigenvalue weighted by atomic mass is 10.1. The zero-order valence-corrected chi connectivity index (χ0v) is 16.9. The third-order valence-corrected chi connectivity index (χ3v) is 5.68. The first kappa shape index (κ1) is 20.3. The lowest BCUT2D eigenvalue weighted by molar-refractivity contribution is -1.02. The summed E-state index contributed by atoms with van der Waals surface area (Å²) in [4.78, 5) is 15.5. The second-order valence-corrected chi connectivity index (χ2v) is 7.67. The van der Waals surface area contributed by atoms with Gasteiger partial charge < -0.3 is 15.1 Å². The molecule has 2 aromatic rings. The fourth-order valence-electron chi connectivity index (χ4n) is 3.80. The van der Waals surface area contributed by atoms with Gasteiger partial charge in [-0.2, -0.15) is 0 Å². The van der Waals surface area contributed by atoms with Crippen LogP contribution in [0.3, 0.4) is 0 Å². The van der Waals surface area contributed by atoms with E-state index in [0.717, 1.165) is 39.1 Å². The van der Waals surface area contributed by atoms with Crippen LogP contribution in [0.25, 0.3) is 6.08 Å². The number of piperazine rings is 1. The molecule has 0 saturated carbocycles. The highest BCUT2D eigenvalue weighted by Crippen LogP contribution is 2.00. The standard InChI is InChI=1S/C24H31N3O/c1-21(24(28)25-15-14-23-11-6-3-7-12-23)27-19-17-26(18-20-27)16-8-13-22-9-4-2-5-10-22/h2-13,21H,14-20H2,1H3,(H,25,28)/p+2/b13-8+/t21-/m1/s1. The van der Waals surface area contributed by atoms with Gasteiger partial charge in [-0.1, -0.05) is 66.7 Å². The third-order valence-electron chi connectivity index (χ3n) is 5.68. The minimum atomic E-state index is 0.0252. The fourth-order valence-corrected chi connectivity index (χ4v) is 3.80. The number of amides is 1. The lowest BCUT2D eigenvalue weighted by Crippen LogP contribution is -3.30. The Morgan fingerprint density at radius 3 is 2.32 bits per heavy atom. The maximum atomic E-state index is 12.5. The number of hydrogen-bond acceptors (Lipinski definition) is 1. The van der Waals surface area contributed by atoms with Crippen molar-refractivity contribution < 1.29 is 14.6 Å². The summed E-state index contributed by atoms with van der Waals surface area (Å²) in [6.45, 7) is 8.19. The molecule has 1 amide bonds. The molecule has 4 heteroatoms. The molecule has 1 atom stereocenters. The molecule has 1 saturated heterocycles. The Morgan fingerprint density at radius 1 is 1.00 bits per heavy atom. The van der Waals surface area contributed by atoms with Gasteiger partial charge in [0.1, 0.15) is 26.2 Å². The summed E-state index contributed by atoms with van der Waals surface area (Å²) in [6.07, 6.45) is 5.37. The first-order valence-corrected chi connectivity index (χ1v) is 10.4. The molecule has 0 spiro atoms. The summed E-state index contributed by atoms with van der Waals surface area (Å²) < 4.78 is 0. The van der Waals surface area contributed by atoms with Crippen LogP contribution in [0.4, 0.5) is 0 Å². The van der Waals surface area contributed by atoms with Crippen molar-refractivity contribution in [2.24, 2.45) is 0 Å². The Morgan fingerprint density at radius 2 is 1.64 bits per heavy atom. The Kier molecular flexibility index (Phi) is 7.82. The Balaban J connectivity index is 1.35. The number of carbonyl (C=O) groups is 1. The Bertz CT molecular complexity index is 737. The smallest absolute Gasteiger partial charge is 0.278 e. The maximum absolute atomic E-state index is 12.5. The van der Waals surface area contributed by atoms with Gasteiger partial charge in [-0.3, -0.25) is 4.79 Å². The van der Waals surface area contributed by atoms with Crippen LogP contribution in [0.1, 0.15) is 18.1 Å². The molecular weight excluding hydrogens is 346 g/mol. The summed E-state index contributed by atoms with van der Waals surface area (Å²) in [5.74, 6) is 0.179. The number of quaternary nitrogens is 2. The predicted octanol–water partition coefficient (Wildman–Crippen LogP) is 0.231. The summed E-state index contributed by atoms with van der Waals surface area (Å²) in [5.41, 5.74) is 2.52. The molecule has 0 unspecified atom stereocenters. The van der Waals surface area contributed by atoms with Gasteiger partial charge in [0, 0.05) is 6.54 Å². The summed E-state index contributed by atoms with van der Waals surface area (Å²) in [6, 6.07) is 20.8. The molecule has 148 valence electrons. The first-order valence-electron chi connectivity index (χ1n) is 10.4. The molecule has 2 aromatic carbocycles. The maximum Gasteiger partial charge on any atom is 0.278 e. The van der Waals surface area contributed by atoms with E-state index in [1.165, 1.54) is 16.0 Å². The van der Waals surface area contributed by atoms with Crippen molar-refractivity contribution in [2.75, 3.05) is 39.3 Å². The highest BCUT2D eigenvalue weighted by atomic mass is 16.2. The number of nitrogens with one attached hydrogen (secondary N) is 3. The van der Waals surface area contributed by atoms with E-state index in [1.807, 2.05) is 24.3 Å². The molecular formula is C24H33N3O+2. The molecule has 3 N–H and O–H groups in total. The monoisotopic (exact) mass is 379 g/mol. The van der Waals surface area contributed by atoms with Gasteiger partial charge in [-0.15, -0.1) is 0 Å². The van der Waals surface area contributed by atoms with Crippen molar-refractivity contribution in [1.82, 2.24) is 5.32 Å². The molecule has 3 rings (SSSR count). The van der Waals surface area contributed by atoms with Gasteiger partial charge in [-0.05, 0) is 30.5 Å². The van der Waals surface area contributed by atoms with Crippen molar-refractivity contribution >= 4 is 12.0 Å². The van der Waals surface area contributed by atoms with Crippen LogP contribution in [-0.4, -0.2) is 51.2 Å². The SMILES string of the molecule is C[C@H](C(=O)NCCc1ccccc1)[NH+]1CC[NH+](C/C=C/c2ccccc2)CC1. The van der Waals surface area contributed by atoms with Crippen molar-refractivity contribution in [2.45, 2.75) is 19.4 Å². The summed E-state index contributed by atoms with van der Waals surface area (Å²) >= 11 is 0. The number of rotatable bonds is 8. The zero-order chi connectivity index (χ0) is 19.6. The molecule has 1 heterocycles. The molecule has 0 aromatic heterocycles. The number of carbonyl (C=O) groups excluding carboxylic acids is 1. The largest absolute Gasteiger partial charge is 0.351 e. The first-order chi connectivity index (χ1) is 13.7. The molecule has 0 bridgehead atoms. The molecule has 28 heavy (non-hydrogen) atoms. The second-order valence-electron chi connectivity index (χ2n) is 7.67. The van der Waals surface area contributed by atoms with Crippen molar-refractivity contribution in [3.63, 3.8) is 0 Å². The average Bonchev–Trinajstić information content (AvgIpc) is 2.75. The van der Waals surface area contributed by atoms with E-state index in [-0.39, 0.29) is 11.9 Å². The average molecular weight is 380 g/mol. The fraction of sp³-hybridized carbons (Fsp3) is 0.375. The van der Waals surface area contributed by atoms with Gasteiger partial charge in [0.05, 0.1) is 6.54 Å². The van der Waals surface area contributed by atoms with Crippen molar-refractivity contribution in [3.05, 3.63) is 77.9 Å². The van der Waals surface area contributed by atoms with E-state index >= 15 is 0 Å². The van der Waals surface area contributed by atoms with Crippen LogP contribution >= 0.6 is 0 Å². The van der Waals surface area contributed by atoms with Gasteiger partial charge in [-0.25, -0.2) is 0 Å². The second kappa shape index (κ2) is 10.8. The van der Waals surface area contributed by atoms with E-state index in [2.05, 4.69) is 60.8 Å². The van der Waals surface area contributed by atoms with E-state index in [1.54, 1.807) is 4.90 Å². The minimum Gasteiger partial charge on any atom is -0.351 e. The number of benzene rings is 2. The van der Waals surface area contributed by atoms with Crippen LogP contribution in [-0.2, 0) is 11.2 Å². The quantitative estimate of drug-likeness (QED) is 0.604. The van der Waals surface area contributed by atoms with E-state index in [4.69, 9.17) is 0 Å². The zero-order valence-electron chi connectivity index (χ0n) is 16.9. The van der Waals surface area contributed by atoms with Crippen LogP contribution < -0.4 is 15.1 Å². The normalized spacial score (nSPS) is 20.8. The van der Waals surface area contributed by atoms with Gasteiger partial charge in [0.15, 0.2) is 6.04 Å². The molecule has 0 aliphatic carbocycles. The molecule has 4 nitrogen and oxygen atoms in total. The van der Waals surface area contributed by atoms with Crippen molar-refractivity contribution in [1.29, 1.82) is 0 Å². The Labute approximate surface area is 168 Å². The number of hydrogen-bond donors (Lipinski definition) is 3. The summed E-state index contributed by atoms with van der Waals surface area (Å²) in [7, 11) is 0. The van der Waals surface area contributed by atoms with Crippen LogP contribution in [0.2, 0.25) is 0 Å². The predicted molar refractivity (Wildman–Crippen MR) is 114 cm³/mol. The highest BCUT2D eigenvalue weighted by molar-refractivity contribution is 5.79. The minimum absolute atomic E-state index is 0.0252. The van der Waals surface area contributed by atoms with Crippen LogP contribution in [0, 0.1) is 0 Å². The van der Waals surface area contributed by atoms with Gasteiger partial charge in [0.2, 0.25) is 0 Å². The highest BCUT2D eigenvalue weighted by Gasteiger charge is 2.30. The molecule has 1 fully saturated rings. The lowest BCUT2D eigenvalue weighted by Gasteiger charge is -2.32. The van der Waals surface area contributed by atoms with Gasteiger partial charge >= 0.3 is 0 Å². The topological polar surface area (TPSA) is 38.0 Å². The molecule has 1 aliphatic heterocycles. The van der Waals surface area contributed by atoms with Crippen molar-refractivity contribution in [3.8, 4) is 0 Å². The third kappa shape index (κ3) is 6.32. The van der Waals surface area contributed by atoms with Crippen LogP contribution in [0.5, 0.6) is 0 Å². The summed E-state index contributed by atoms with van der Waals surface area (Å²) in [5, 5.41) is 3.11. The van der Waals surface area contributed by atoms with E-state index < -0.39 is 0 Å². The Hall–Kier alpha value is -2.43. The van der Waals surface area contributed by atoms with Crippen LogP contribution in [0.15, 0.2) is 66.7 Å². The van der Waals surface area contributed by atoms with Gasteiger partial charge in [0.25, 0.3) is 5.91 Å². The van der Waals surface area contributed by atoms with E-state index in [9.17, 15) is 4.79 Å². The van der Waals surface area contributed by atoms with E-state index in [0.29, 0.717) is 6.54 Å².